The van der Waals surface area contributed by atoms with Gasteiger partial charge in [-0.3, -0.25) is 9.78 Å². The zero-order chi connectivity index (χ0) is 13.7. The molecule has 0 bridgehead atoms. The zero-order valence-corrected chi connectivity index (χ0v) is 10.9. The quantitative estimate of drug-likeness (QED) is 0.899. The summed E-state index contributed by atoms with van der Waals surface area (Å²) in [5, 5.41) is 11.7. The number of benzene rings is 1. The van der Waals surface area contributed by atoms with Crippen LogP contribution >= 0.6 is 11.6 Å². The number of halogens is 1. The molecule has 0 unspecified atom stereocenters. The summed E-state index contributed by atoms with van der Waals surface area (Å²) in [6.45, 7) is 0.0896. The molecule has 0 radical (unpaired) electrons. The van der Waals surface area contributed by atoms with Crippen LogP contribution in [-0.2, 0) is 0 Å². The van der Waals surface area contributed by atoms with Crippen LogP contribution in [0.5, 0.6) is 0 Å². The monoisotopic (exact) mass is 276 g/mol. The number of aliphatic hydroxyl groups is 1. The van der Waals surface area contributed by atoms with E-state index in [-0.39, 0.29) is 19.1 Å². The summed E-state index contributed by atoms with van der Waals surface area (Å²) in [5.41, 5.74) is 1.97. The summed E-state index contributed by atoms with van der Waals surface area (Å²) < 4.78 is 0. The maximum atomic E-state index is 11.9. The lowest BCUT2D eigenvalue weighted by Gasteiger charge is -2.07. The molecule has 1 aromatic heterocycles. The maximum absolute atomic E-state index is 11.9. The van der Waals surface area contributed by atoms with Crippen LogP contribution in [-0.4, -0.2) is 29.1 Å². The highest BCUT2D eigenvalue weighted by Crippen LogP contribution is 2.23. The lowest BCUT2D eigenvalue weighted by molar-refractivity contribution is 0.0945. The predicted octanol–water partition coefficient (Wildman–Crippen LogP) is 2.12. The Hall–Kier alpha value is -1.91. The van der Waals surface area contributed by atoms with E-state index in [0.717, 1.165) is 11.3 Å². The van der Waals surface area contributed by atoms with E-state index in [1.807, 2.05) is 24.3 Å². The third-order valence-corrected chi connectivity index (χ3v) is 2.90. The smallest absolute Gasteiger partial charge is 0.252 e. The van der Waals surface area contributed by atoms with Gasteiger partial charge in [0.05, 0.1) is 22.9 Å². The fourth-order valence-corrected chi connectivity index (χ4v) is 1.86. The Morgan fingerprint density at radius 2 is 2.16 bits per heavy atom. The first-order chi connectivity index (χ1) is 9.22. The van der Waals surface area contributed by atoms with Crippen molar-refractivity contribution in [1.29, 1.82) is 0 Å². The largest absolute Gasteiger partial charge is 0.395 e. The minimum atomic E-state index is -0.308. The van der Waals surface area contributed by atoms with Crippen molar-refractivity contribution in [2.75, 3.05) is 13.2 Å². The Kier molecular flexibility index (Phi) is 4.49. The zero-order valence-electron chi connectivity index (χ0n) is 10.1. The van der Waals surface area contributed by atoms with Gasteiger partial charge in [0, 0.05) is 18.3 Å². The number of pyridine rings is 1. The number of carbonyl (C=O) groups is 1. The van der Waals surface area contributed by atoms with Gasteiger partial charge in [-0.2, -0.15) is 0 Å². The Morgan fingerprint density at radius 3 is 2.84 bits per heavy atom. The van der Waals surface area contributed by atoms with E-state index in [2.05, 4.69) is 10.3 Å². The molecule has 0 atom stereocenters. The third kappa shape index (κ3) is 3.30. The van der Waals surface area contributed by atoms with E-state index in [1.54, 1.807) is 18.3 Å². The Morgan fingerprint density at radius 1 is 1.32 bits per heavy atom. The Labute approximate surface area is 116 Å². The lowest BCUT2D eigenvalue weighted by Crippen LogP contribution is -2.26. The molecule has 0 aliphatic carbocycles. The van der Waals surface area contributed by atoms with Crippen molar-refractivity contribution in [3.63, 3.8) is 0 Å². The van der Waals surface area contributed by atoms with E-state index in [9.17, 15) is 4.79 Å². The molecule has 2 rings (SSSR count). The van der Waals surface area contributed by atoms with Crippen molar-refractivity contribution in [3.05, 3.63) is 53.2 Å². The van der Waals surface area contributed by atoms with Gasteiger partial charge in [-0.1, -0.05) is 23.7 Å². The first-order valence-electron chi connectivity index (χ1n) is 5.82. The summed E-state index contributed by atoms with van der Waals surface area (Å²) >= 11 is 6.01. The van der Waals surface area contributed by atoms with Gasteiger partial charge in [-0.05, 0) is 24.3 Å². The lowest BCUT2D eigenvalue weighted by atomic mass is 10.1. The van der Waals surface area contributed by atoms with Crippen molar-refractivity contribution in [2.24, 2.45) is 0 Å². The third-order valence-electron chi connectivity index (χ3n) is 2.57. The first kappa shape index (κ1) is 13.5. The summed E-state index contributed by atoms with van der Waals surface area (Å²) in [7, 11) is 0. The van der Waals surface area contributed by atoms with Crippen molar-refractivity contribution in [3.8, 4) is 11.3 Å². The number of hydrogen-bond donors (Lipinski definition) is 2. The van der Waals surface area contributed by atoms with E-state index in [4.69, 9.17) is 16.7 Å². The molecule has 0 fully saturated rings. The predicted molar refractivity (Wildman–Crippen MR) is 74.1 cm³/mol. The van der Waals surface area contributed by atoms with Crippen LogP contribution in [0.25, 0.3) is 11.3 Å². The summed E-state index contributed by atoms with van der Waals surface area (Å²) in [4.78, 5) is 16.1. The van der Waals surface area contributed by atoms with E-state index in [1.165, 1.54) is 0 Å². The van der Waals surface area contributed by atoms with Crippen LogP contribution in [0.15, 0.2) is 42.6 Å². The van der Waals surface area contributed by atoms with E-state index >= 15 is 0 Å². The number of rotatable bonds is 4. The molecule has 0 aliphatic heterocycles. The molecule has 19 heavy (non-hydrogen) atoms. The number of carbonyl (C=O) groups excluding carboxylic acids is 1. The number of hydrogen-bond acceptors (Lipinski definition) is 3. The van der Waals surface area contributed by atoms with Gasteiger partial charge >= 0.3 is 0 Å². The SMILES string of the molecule is O=C(NCCO)c1cc(-c2ccccn2)ccc1Cl. The molecule has 0 saturated heterocycles. The highest BCUT2D eigenvalue weighted by molar-refractivity contribution is 6.34. The van der Waals surface area contributed by atoms with Gasteiger partial charge in [0.1, 0.15) is 0 Å². The summed E-state index contributed by atoms with van der Waals surface area (Å²) in [5.74, 6) is -0.308. The average Bonchev–Trinajstić information content (AvgIpc) is 2.46. The summed E-state index contributed by atoms with van der Waals surface area (Å²) in [6.07, 6.45) is 1.69. The van der Waals surface area contributed by atoms with Gasteiger partial charge in [0.15, 0.2) is 0 Å². The molecule has 1 amide bonds. The maximum Gasteiger partial charge on any atom is 0.252 e. The standard InChI is InChI=1S/C14H13ClN2O2/c15-12-5-4-10(13-3-1-2-6-16-13)9-11(12)14(19)17-7-8-18/h1-6,9,18H,7-8H2,(H,17,19). The minimum absolute atomic E-state index is 0.108. The average molecular weight is 277 g/mol. The van der Waals surface area contributed by atoms with Gasteiger partial charge in [-0.25, -0.2) is 0 Å². The fraction of sp³-hybridized carbons (Fsp3) is 0.143. The molecule has 5 heteroatoms. The molecule has 98 valence electrons. The molecule has 0 saturated carbocycles. The van der Waals surface area contributed by atoms with Crippen molar-refractivity contribution in [1.82, 2.24) is 10.3 Å². The number of nitrogens with zero attached hydrogens (tertiary/aromatic N) is 1. The number of aliphatic hydroxyl groups excluding tert-OH is 1. The highest BCUT2D eigenvalue weighted by atomic mass is 35.5. The van der Waals surface area contributed by atoms with Crippen LogP contribution in [0.2, 0.25) is 5.02 Å². The molecular weight excluding hydrogens is 264 g/mol. The fourth-order valence-electron chi connectivity index (χ4n) is 1.66. The Balaban J connectivity index is 2.32. The second kappa shape index (κ2) is 6.31. The van der Waals surface area contributed by atoms with Gasteiger partial charge in [0.2, 0.25) is 0 Å². The van der Waals surface area contributed by atoms with Crippen LogP contribution in [0.4, 0.5) is 0 Å². The molecule has 2 N–H and O–H groups in total. The number of aromatic nitrogens is 1. The Bertz CT molecular complexity index is 573. The van der Waals surface area contributed by atoms with Crippen LogP contribution in [0, 0.1) is 0 Å². The topological polar surface area (TPSA) is 62.2 Å². The second-order valence-electron chi connectivity index (χ2n) is 3.89. The van der Waals surface area contributed by atoms with E-state index in [0.29, 0.717) is 10.6 Å². The molecule has 1 aromatic carbocycles. The number of amides is 1. The highest BCUT2D eigenvalue weighted by Gasteiger charge is 2.11. The van der Waals surface area contributed by atoms with Gasteiger partial charge in [0.25, 0.3) is 5.91 Å². The van der Waals surface area contributed by atoms with Gasteiger partial charge in [-0.15, -0.1) is 0 Å². The number of nitrogens with one attached hydrogen (secondary N) is 1. The van der Waals surface area contributed by atoms with Gasteiger partial charge < -0.3 is 10.4 Å². The normalized spacial score (nSPS) is 10.2. The molecular formula is C14H13ClN2O2. The van der Waals surface area contributed by atoms with Crippen LogP contribution in [0.3, 0.4) is 0 Å². The molecule has 0 spiro atoms. The molecule has 1 heterocycles. The molecule has 4 nitrogen and oxygen atoms in total. The van der Waals surface area contributed by atoms with Crippen molar-refractivity contribution in [2.45, 2.75) is 0 Å². The molecule has 2 aromatic rings. The minimum Gasteiger partial charge on any atom is -0.395 e. The van der Waals surface area contributed by atoms with Crippen molar-refractivity contribution < 1.29 is 9.90 Å². The first-order valence-corrected chi connectivity index (χ1v) is 6.20. The molecule has 0 aliphatic rings. The van der Waals surface area contributed by atoms with Crippen LogP contribution in [0.1, 0.15) is 10.4 Å². The van der Waals surface area contributed by atoms with Crippen LogP contribution < -0.4 is 5.32 Å². The second-order valence-corrected chi connectivity index (χ2v) is 4.30. The van der Waals surface area contributed by atoms with E-state index < -0.39 is 0 Å². The van der Waals surface area contributed by atoms with Crippen molar-refractivity contribution >= 4 is 17.5 Å². The summed E-state index contributed by atoms with van der Waals surface area (Å²) in [6, 6.07) is 10.7.